The lowest BCUT2D eigenvalue weighted by Crippen LogP contribution is -2.04. The van der Waals surface area contributed by atoms with Crippen molar-refractivity contribution in [3.05, 3.63) is 29.8 Å². The molecule has 1 rings (SSSR count). The maximum atomic E-state index is 11.4. The Morgan fingerprint density at radius 3 is 2.21 bits per heavy atom. The molecule has 14 heavy (non-hydrogen) atoms. The minimum atomic E-state index is -3.22. The molecular weight excluding hydrogens is 222 g/mol. The van der Waals surface area contributed by atoms with Crippen molar-refractivity contribution in [3.63, 3.8) is 0 Å². The van der Waals surface area contributed by atoms with Gasteiger partial charge in [0.1, 0.15) is 0 Å². The zero-order valence-electron chi connectivity index (χ0n) is 9.73. The first kappa shape index (κ1) is 9.96. The molecule has 0 amide bonds. The Kier molecular flexibility index (Phi) is 3.80. The first-order valence-corrected chi connectivity index (χ1v) is 5.55. The van der Waals surface area contributed by atoms with Crippen molar-refractivity contribution in [3.8, 4) is 0 Å². The van der Waals surface area contributed by atoms with Gasteiger partial charge in [-0.05, 0) is 17.7 Å². The molecule has 0 aliphatic rings. The summed E-state index contributed by atoms with van der Waals surface area (Å²) in [6.45, 7) is -0.375. The van der Waals surface area contributed by atoms with E-state index in [0.717, 1.165) is 0 Å². The third-order valence-corrected chi connectivity index (χ3v) is 3.51. The minimum absolute atomic E-state index is 0. The van der Waals surface area contributed by atoms with E-state index >= 15 is 0 Å². The molecule has 0 saturated heterocycles. The van der Waals surface area contributed by atoms with Gasteiger partial charge in [0, 0.05) is 9.24 Å². The maximum Gasteiger partial charge on any atom is 0.178 e. The molecule has 0 atom stereocenters. The van der Waals surface area contributed by atoms with E-state index in [4.69, 9.17) is 8.48 Å². The zero-order valence-corrected chi connectivity index (χ0v) is 9.36. The maximum absolute atomic E-state index is 11.4. The molecule has 2 N–H and O–H groups in total. The van der Waals surface area contributed by atoms with E-state index in [1.165, 1.54) is 24.3 Å². The monoisotopic (exact) mass is 237 g/mol. The summed E-state index contributed by atoms with van der Waals surface area (Å²) in [4.78, 5) is 0.193. The Morgan fingerprint density at radius 1 is 1.36 bits per heavy atom. The summed E-state index contributed by atoms with van der Waals surface area (Å²) in [5.41, 5.74) is 5.49. The van der Waals surface area contributed by atoms with Gasteiger partial charge >= 0.3 is 0 Å². The molecular formula is C9H14ClNO2S. The molecule has 1 aromatic rings. The molecule has 0 radical (unpaired) electrons. The molecule has 0 unspecified atom stereocenters. The van der Waals surface area contributed by atoms with Crippen LogP contribution in [0.1, 0.15) is 15.2 Å². The number of benzene rings is 1. The summed E-state index contributed by atoms with van der Waals surface area (Å²) in [7, 11) is -3.22. The zero-order chi connectivity index (χ0) is 11.7. The van der Waals surface area contributed by atoms with Crippen LogP contribution in [0, 0.1) is 0 Å². The van der Waals surface area contributed by atoms with Crippen LogP contribution in [-0.4, -0.2) is 14.2 Å². The van der Waals surface area contributed by atoms with Gasteiger partial charge in [0.2, 0.25) is 0 Å². The molecule has 0 bridgehead atoms. The van der Waals surface area contributed by atoms with Crippen LogP contribution in [-0.2, 0) is 16.3 Å². The molecule has 1 aromatic carbocycles. The van der Waals surface area contributed by atoms with Crippen molar-refractivity contribution in [2.75, 3.05) is 5.75 Å². The highest BCUT2D eigenvalue weighted by atomic mass is 35.5. The topological polar surface area (TPSA) is 60.2 Å². The normalized spacial score (nSPS) is 13.9. The van der Waals surface area contributed by atoms with Crippen LogP contribution in [0.5, 0.6) is 0 Å². The number of nitrogens with two attached hydrogens (primary N) is 1. The highest BCUT2D eigenvalue weighted by Gasteiger charge is 2.09. The average molecular weight is 238 g/mol. The molecule has 0 aromatic heterocycles. The Balaban J connectivity index is 0.00000225. The van der Waals surface area contributed by atoms with Gasteiger partial charge in [-0.15, -0.1) is 12.4 Å². The lowest BCUT2D eigenvalue weighted by Gasteiger charge is -2.01. The summed E-state index contributed by atoms with van der Waals surface area (Å²) in [5, 5.41) is 0. The van der Waals surface area contributed by atoms with Crippen LogP contribution in [0.4, 0.5) is 0 Å². The lowest BCUT2D eigenvalue weighted by molar-refractivity contribution is 0.597. The Labute approximate surface area is 93.5 Å². The van der Waals surface area contributed by atoms with Crippen molar-refractivity contribution in [2.24, 2.45) is 5.73 Å². The van der Waals surface area contributed by atoms with E-state index in [1.54, 1.807) is 6.92 Å². The van der Waals surface area contributed by atoms with Crippen molar-refractivity contribution in [2.45, 2.75) is 18.3 Å². The number of hydrogen-bond donors (Lipinski definition) is 1. The van der Waals surface area contributed by atoms with Crippen molar-refractivity contribution in [1.82, 2.24) is 0 Å². The second-order valence-corrected chi connectivity index (χ2v) is 4.85. The third kappa shape index (κ3) is 2.97. The fraction of sp³-hybridized carbons (Fsp3) is 0.333. The van der Waals surface area contributed by atoms with Gasteiger partial charge in [-0.25, -0.2) is 8.42 Å². The van der Waals surface area contributed by atoms with Crippen molar-refractivity contribution in [1.29, 1.82) is 0 Å². The van der Waals surface area contributed by atoms with Gasteiger partial charge in [0.25, 0.3) is 0 Å². The van der Waals surface area contributed by atoms with Crippen LogP contribution in [0.25, 0.3) is 0 Å². The van der Waals surface area contributed by atoms with Crippen molar-refractivity contribution < 1.29 is 11.2 Å². The number of sulfone groups is 1. The molecule has 0 spiro atoms. The van der Waals surface area contributed by atoms with E-state index in [1.807, 2.05) is 0 Å². The van der Waals surface area contributed by atoms with Crippen LogP contribution in [0.3, 0.4) is 0 Å². The second-order valence-electron chi connectivity index (χ2n) is 2.57. The largest absolute Gasteiger partial charge is 0.326 e. The number of rotatable bonds is 3. The quantitative estimate of drug-likeness (QED) is 0.864. The molecule has 5 heteroatoms. The van der Waals surface area contributed by atoms with Crippen LogP contribution < -0.4 is 5.73 Å². The number of hydrogen-bond acceptors (Lipinski definition) is 3. The van der Waals surface area contributed by atoms with E-state index in [9.17, 15) is 8.42 Å². The predicted octanol–water partition coefficient (Wildman–Crippen LogP) is 1.36. The Bertz CT molecular complexity index is 440. The van der Waals surface area contributed by atoms with Gasteiger partial charge < -0.3 is 5.73 Å². The van der Waals surface area contributed by atoms with E-state index < -0.39 is 16.3 Å². The fourth-order valence-corrected chi connectivity index (χ4v) is 1.81. The standard InChI is InChI=1S/C9H13NO2S.ClH/c1-2-13(11,12)9-5-3-8(7-10)4-6-9;/h3-6H,2,7,10H2,1H3;1H/i7D2;. The van der Waals surface area contributed by atoms with E-state index in [2.05, 4.69) is 0 Å². The first-order chi connectivity index (χ1) is 6.77. The summed E-state index contributed by atoms with van der Waals surface area (Å²) < 4.78 is 37.4. The summed E-state index contributed by atoms with van der Waals surface area (Å²) >= 11 is 0. The van der Waals surface area contributed by atoms with Gasteiger partial charge in [0.15, 0.2) is 9.84 Å². The molecule has 3 nitrogen and oxygen atoms in total. The van der Waals surface area contributed by atoms with Crippen LogP contribution in [0.2, 0.25) is 0 Å². The molecule has 0 heterocycles. The smallest absolute Gasteiger partial charge is 0.178 e. The van der Waals surface area contributed by atoms with E-state index in [0.29, 0.717) is 0 Å². The van der Waals surface area contributed by atoms with Crippen LogP contribution >= 0.6 is 12.4 Å². The highest BCUT2D eigenvalue weighted by molar-refractivity contribution is 7.91. The predicted molar refractivity (Wildman–Crippen MR) is 59.3 cm³/mol. The molecule has 0 fully saturated rings. The molecule has 0 aliphatic heterocycles. The highest BCUT2D eigenvalue weighted by Crippen LogP contribution is 2.11. The summed E-state index contributed by atoms with van der Waals surface area (Å²) in [5.74, 6) is 0.0296. The first-order valence-electron chi connectivity index (χ1n) is 4.89. The number of halogens is 1. The van der Waals surface area contributed by atoms with Crippen molar-refractivity contribution >= 4 is 22.2 Å². The average Bonchev–Trinajstić information content (AvgIpc) is 2.17. The summed E-state index contributed by atoms with van der Waals surface area (Å²) in [6, 6.07) is 5.53. The molecule has 0 saturated carbocycles. The van der Waals surface area contributed by atoms with Gasteiger partial charge in [-0.1, -0.05) is 19.1 Å². The van der Waals surface area contributed by atoms with E-state index in [-0.39, 0.29) is 28.6 Å². The molecule has 0 aliphatic carbocycles. The minimum Gasteiger partial charge on any atom is -0.326 e. The van der Waals surface area contributed by atoms with Gasteiger partial charge in [-0.2, -0.15) is 0 Å². The Morgan fingerprint density at radius 2 is 1.86 bits per heavy atom. The fourth-order valence-electron chi connectivity index (χ4n) is 0.925. The second kappa shape index (κ2) is 5.34. The summed E-state index contributed by atoms with van der Waals surface area (Å²) in [6.07, 6.45) is 0. The third-order valence-electron chi connectivity index (χ3n) is 1.76. The van der Waals surface area contributed by atoms with Crippen LogP contribution in [0.15, 0.2) is 29.2 Å². The Hall–Kier alpha value is -0.580. The van der Waals surface area contributed by atoms with Gasteiger partial charge in [0.05, 0.1) is 10.6 Å². The van der Waals surface area contributed by atoms with Gasteiger partial charge in [-0.3, -0.25) is 0 Å². The molecule has 80 valence electrons. The lowest BCUT2D eigenvalue weighted by atomic mass is 10.2. The SMILES string of the molecule is Cl.[2H]C([2H])(N)c1ccc(S(=O)(=O)CC)cc1.